The van der Waals surface area contributed by atoms with Crippen LogP contribution < -0.4 is 14.8 Å². The normalized spacial score (nSPS) is 17.4. The molecule has 0 saturated carbocycles. The number of ether oxygens (including phenoxy) is 5. The molecule has 16 nitrogen and oxygen atoms in total. The molecule has 0 spiro atoms. The van der Waals surface area contributed by atoms with Gasteiger partial charge in [0, 0.05) is 12.2 Å². The Balaban J connectivity index is 2.26. The molecule has 0 aromatic heterocycles. The summed E-state index contributed by atoms with van der Waals surface area (Å²) in [5.41, 5.74) is -0.752. The highest BCUT2D eigenvalue weighted by Gasteiger charge is 2.34. The lowest BCUT2D eigenvalue weighted by molar-refractivity contribution is -0.769. The van der Waals surface area contributed by atoms with Gasteiger partial charge in [0.15, 0.2) is 35.3 Å². The van der Waals surface area contributed by atoms with Crippen LogP contribution in [0.3, 0.4) is 0 Å². The quantitative estimate of drug-likeness (QED) is 0.0805. The van der Waals surface area contributed by atoms with Crippen LogP contribution in [-0.2, 0) is 28.7 Å². The van der Waals surface area contributed by atoms with E-state index in [1.807, 2.05) is 0 Å². The summed E-state index contributed by atoms with van der Waals surface area (Å²) < 4.78 is 27.7. The first-order chi connectivity index (χ1) is 18.9. The van der Waals surface area contributed by atoms with Gasteiger partial charge in [-0.2, -0.15) is 0 Å². The number of alkyl carbamates (subject to hydrolysis) is 1. The van der Waals surface area contributed by atoms with Crippen molar-refractivity contribution < 1.29 is 52.8 Å². The van der Waals surface area contributed by atoms with Crippen LogP contribution in [0.4, 0.5) is 4.79 Å². The highest BCUT2D eigenvalue weighted by atomic mass is 17.0. The number of carbonyl (C=O) groups is 3. The van der Waals surface area contributed by atoms with Gasteiger partial charge in [-0.1, -0.05) is 0 Å². The number of carbonyl (C=O) groups excluding carboxylic acids is 3. The SMILES string of the molecule is CC(OC1CCCCO1)C(NC(=O)OC(C)(C)C)C(=O)Oc1cc(C=O)ccc1OCC(CON=O)O[N+](=O)[O-]. The molecule has 1 N–H and O–H groups in total. The zero-order valence-electron chi connectivity index (χ0n) is 22.6. The average Bonchev–Trinajstić information content (AvgIpc) is 2.88. The molecule has 1 aliphatic heterocycles. The van der Waals surface area contributed by atoms with Crippen LogP contribution in [0.1, 0.15) is 57.3 Å². The van der Waals surface area contributed by atoms with Crippen LogP contribution in [0.2, 0.25) is 0 Å². The van der Waals surface area contributed by atoms with E-state index in [9.17, 15) is 29.4 Å². The maximum absolute atomic E-state index is 13.3. The molecule has 16 heteroatoms. The largest absolute Gasteiger partial charge is 0.487 e. The molecule has 4 unspecified atom stereocenters. The van der Waals surface area contributed by atoms with Crippen LogP contribution in [0, 0.1) is 15.0 Å². The first kappa shape index (κ1) is 32.2. The van der Waals surface area contributed by atoms with Crippen molar-refractivity contribution in [2.24, 2.45) is 5.34 Å². The molecule has 0 aliphatic carbocycles. The van der Waals surface area contributed by atoms with Crippen LogP contribution in [0.5, 0.6) is 11.5 Å². The monoisotopic (exact) mass is 571 g/mol. The summed E-state index contributed by atoms with van der Waals surface area (Å²) in [6.07, 6.45) is -0.993. The first-order valence-electron chi connectivity index (χ1n) is 12.4. The summed E-state index contributed by atoms with van der Waals surface area (Å²) in [4.78, 5) is 66.8. The zero-order valence-corrected chi connectivity index (χ0v) is 22.6. The van der Waals surface area contributed by atoms with Crippen molar-refractivity contribution >= 4 is 18.3 Å². The van der Waals surface area contributed by atoms with Crippen molar-refractivity contribution in [3.05, 3.63) is 38.8 Å². The number of benzene rings is 1. The number of amides is 1. The summed E-state index contributed by atoms with van der Waals surface area (Å²) in [5, 5.41) is 14.2. The third-order valence-corrected chi connectivity index (χ3v) is 5.19. The van der Waals surface area contributed by atoms with Gasteiger partial charge in [-0.25, -0.2) is 9.59 Å². The molecule has 4 atom stereocenters. The van der Waals surface area contributed by atoms with Crippen LogP contribution in [0.25, 0.3) is 0 Å². The Hall–Kier alpha value is -4.05. The maximum atomic E-state index is 13.3. The van der Waals surface area contributed by atoms with Gasteiger partial charge in [-0.15, -0.1) is 15.0 Å². The molecule has 2 rings (SSSR count). The molecule has 0 bridgehead atoms. The lowest BCUT2D eigenvalue weighted by Gasteiger charge is -2.30. The van der Waals surface area contributed by atoms with Crippen molar-refractivity contribution in [2.45, 2.75) is 77.1 Å². The number of hydrogen-bond acceptors (Lipinski definition) is 14. The fraction of sp³-hybridized carbons (Fsp3) is 0.625. The topological polar surface area (TPSA) is 200 Å². The number of esters is 1. The average molecular weight is 572 g/mol. The van der Waals surface area contributed by atoms with E-state index in [0.717, 1.165) is 12.8 Å². The Morgan fingerprint density at radius 3 is 2.60 bits per heavy atom. The van der Waals surface area contributed by atoms with Gasteiger partial charge in [-0.05, 0) is 65.2 Å². The first-order valence-corrected chi connectivity index (χ1v) is 12.4. The van der Waals surface area contributed by atoms with E-state index in [4.69, 9.17) is 23.7 Å². The van der Waals surface area contributed by atoms with Crippen LogP contribution in [0.15, 0.2) is 23.5 Å². The molecule has 1 fully saturated rings. The second kappa shape index (κ2) is 15.5. The van der Waals surface area contributed by atoms with Crippen LogP contribution in [-0.4, -0.2) is 73.4 Å². The van der Waals surface area contributed by atoms with E-state index in [0.29, 0.717) is 19.3 Å². The molecule has 40 heavy (non-hydrogen) atoms. The Kier molecular flexibility index (Phi) is 12.5. The Morgan fingerprint density at radius 1 is 1.25 bits per heavy atom. The lowest BCUT2D eigenvalue weighted by atomic mass is 10.1. The Bertz CT molecular complexity index is 1020. The highest BCUT2D eigenvalue weighted by molar-refractivity contribution is 5.85. The van der Waals surface area contributed by atoms with Gasteiger partial charge in [0.25, 0.3) is 5.09 Å². The van der Waals surface area contributed by atoms with Gasteiger partial charge in [-0.3, -0.25) is 4.79 Å². The Labute approximate surface area is 229 Å². The fourth-order valence-electron chi connectivity index (χ4n) is 3.43. The number of rotatable bonds is 15. The third-order valence-electron chi connectivity index (χ3n) is 5.19. The molecule has 1 amide bonds. The van der Waals surface area contributed by atoms with Crippen molar-refractivity contribution in [3.63, 3.8) is 0 Å². The van der Waals surface area contributed by atoms with E-state index in [-0.39, 0.29) is 17.1 Å². The third kappa shape index (κ3) is 11.4. The zero-order chi connectivity index (χ0) is 29.7. The molecular formula is C24H33N3O13. The maximum Gasteiger partial charge on any atom is 0.408 e. The van der Waals surface area contributed by atoms with E-state index in [1.54, 1.807) is 27.7 Å². The highest BCUT2D eigenvalue weighted by Crippen LogP contribution is 2.29. The molecule has 1 saturated heterocycles. The molecule has 222 valence electrons. The van der Waals surface area contributed by atoms with E-state index in [2.05, 4.69) is 20.3 Å². The summed E-state index contributed by atoms with van der Waals surface area (Å²) in [6, 6.07) is 2.42. The number of nitrogens with zero attached hydrogens (tertiary/aromatic N) is 2. The minimum Gasteiger partial charge on any atom is -0.487 e. The van der Waals surface area contributed by atoms with Gasteiger partial charge >= 0.3 is 12.1 Å². The van der Waals surface area contributed by atoms with Gasteiger partial charge in [0.2, 0.25) is 0 Å². The summed E-state index contributed by atoms with van der Waals surface area (Å²) >= 11 is 0. The second-order valence-corrected chi connectivity index (χ2v) is 9.64. The van der Waals surface area contributed by atoms with Crippen LogP contribution >= 0.6 is 0 Å². The standard InChI is InChI=1S/C24H33N3O13/c1-15(37-20-7-5-6-10-34-20)21(25-23(30)39-24(2,3)4)22(29)38-19-11-16(12-28)8-9-18(19)35-13-17(14-36-26-31)40-27(32)33/h8-9,11-12,15,17,20-21H,5-7,10,13-14H2,1-4H3,(H,25,30). The number of nitrogens with one attached hydrogen (secondary N) is 1. The molecule has 1 heterocycles. The molecular weight excluding hydrogens is 538 g/mol. The van der Waals surface area contributed by atoms with E-state index in [1.165, 1.54) is 18.2 Å². The van der Waals surface area contributed by atoms with E-state index < -0.39 is 60.5 Å². The van der Waals surface area contributed by atoms with Gasteiger partial charge < -0.3 is 38.7 Å². The minimum absolute atomic E-state index is 0.110. The van der Waals surface area contributed by atoms with Crippen molar-refractivity contribution in [1.82, 2.24) is 5.32 Å². The molecule has 1 aliphatic rings. The lowest BCUT2D eigenvalue weighted by Crippen LogP contribution is -2.52. The number of aldehydes is 1. The molecule has 1 aromatic rings. The predicted octanol–water partition coefficient (Wildman–Crippen LogP) is 2.88. The Morgan fingerprint density at radius 2 is 2.00 bits per heavy atom. The number of hydrogen-bond donors (Lipinski definition) is 1. The summed E-state index contributed by atoms with van der Waals surface area (Å²) in [6.45, 7) is 5.84. The van der Waals surface area contributed by atoms with Gasteiger partial charge in [0.05, 0.1) is 6.10 Å². The van der Waals surface area contributed by atoms with Crippen molar-refractivity contribution in [2.75, 3.05) is 19.8 Å². The fourth-order valence-corrected chi connectivity index (χ4v) is 3.43. The molecule has 0 radical (unpaired) electrons. The molecule has 1 aromatic carbocycles. The minimum atomic E-state index is -1.38. The van der Waals surface area contributed by atoms with Crippen molar-refractivity contribution in [3.8, 4) is 11.5 Å². The van der Waals surface area contributed by atoms with Crippen molar-refractivity contribution in [1.29, 1.82) is 0 Å². The van der Waals surface area contributed by atoms with E-state index >= 15 is 0 Å². The van der Waals surface area contributed by atoms with Gasteiger partial charge in [0.1, 0.15) is 25.1 Å². The predicted molar refractivity (Wildman–Crippen MR) is 134 cm³/mol. The summed E-state index contributed by atoms with van der Waals surface area (Å²) in [5.74, 6) is -1.36. The summed E-state index contributed by atoms with van der Waals surface area (Å²) in [7, 11) is 0. The smallest absolute Gasteiger partial charge is 0.408 e. The second-order valence-electron chi connectivity index (χ2n) is 9.64.